The lowest BCUT2D eigenvalue weighted by molar-refractivity contribution is -0.286. The molecule has 164 valence electrons. The number of benzene rings is 3. The third-order valence-corrected chi connectivity index (χ3v) is 6.02. The standard InChI is InChI=1S/C25H21F2NO4/c1-15-13-17(8-9-18(15)19-5-3-4-6-20(19)30-2)28-23(29)24(11-12-24)16-7-10-21-22(14-16)32-25(26,27)31-21/h3-10,13-14H,11-12H2,1-2H3,(H,28,29). The Labute approximate surface area is 183 Å². The predicted octanol–water partition coefficient (Wildman–Crippen LogP) is 5.66. The lowest BCUT2D eigenvalue weighted by atomic mass is 9.94. The Bertz CT molecular complexity index is 1220. The largest absolute Gasteiger partial charge is 0.586 e. The Morgan fingerprint density at radius 3 is 2.44 bits per heavy atom. The molecule has 0 bridgehead atoms. The molecule has 3 aromatic carbocycles. The van der Waals surface area contributed by atoms with Gasteiger partial charge in [0.05, 0.1) is 12.5 Å². The van der Waals surface area contributed by atoms with Crippen LogP contribution in [-0.2, 0) is 10.2 Å². The van der Waals surface area contributed by atoms with Crippen LogP contribution < -0.4 is 19.5 Å². The number of carbonyl (C=O) groups is 1. The maximum atomic E-state index is 13.3. The number of aryl methyl sites for hydroxylation is 1. The van der Waals surface area contributed by atoms with E-state index in [1.165, 1.54) is 12.1 Å². The molecule has 1 amide bonds. The maximum Gasteiger partial charge on any atom is 0.586 e. The van der Waals surface area contributed by atoms with Crippen molar-refractivity contribution in [3.05, 3.63) is 71.8 Å². The van der Waals surface area contributed by atoms with Gasteiger partial charge in [-0.15, -0.1) is 8.78 Å². The zero-order chi connectivity index (χ0) is 22.5. The summed E-state index contributed by atoms with van der Waals surface area (Å²) in [7, 11) is 1.63. The Hall–Kier alpha value is -3.61. The van der Waals surface area contributed by atoms with Crippen LogP contribution in [0.15, 0.2) is 60.7 Å². The molecule has 7 heteroatoms. The summed E-state index contributed by atoms with van der Waals surface area (Å²) in [5.74, 6) is 0.520. The fourth-order valence-electron chi connectivity index (χ4n) is 4.18. The number of halogens is 2. The van der Waals surface area contributed by atoms with E-state index < -0.39 is 11.7 Å². The summed E-state index contributed by atoms with van der Waals surface area (Å²) < 4.78 is 41.1. The van der Waals surface area contributed by atoms with Gasteiger partial charge in [-0.25, -0.2) is 0 Å². The Morgan fingerprint density at radius 2 is 1.72 bits per heavy atom. The normalized spacial score (nSPS) is 17.0. The van der Waals surface area contributed by atoms with Crippen LogP contribution >= 0.6 is 0 Å². The highest BCUT2D eigenvalue weighted by Crippen LogP contribution is 2.52. The van der Waals surface area contributed by atoms with Crippen molar-refractivity contribution < 1.29 is 27.8 Å². The minimum Gasteiger partial charge on any atom is -0.496 e. The van der Waals surface area contributed by atoms with E-state index >= 15 is 0 Å². The molecule has 5 rings (SSSR count). The van der Waals surface area contributed by atoms with Gasteiger partial charge in [0.25, 0.3) is 0 Å². The lowest BCUT2D eigenvalue weighted by Gasteiger charge is -2.17. The molecule has 0 spiro atoms. The summed E-state index contributed by atoms with van der Waals surface area (Å²) in [5, 5.41) is 2.98. The number of hydrogen-bond donors (Lipinski definition) is 1. The average Bonchev–Trinajstić information content (AvgIpc) is 3.51. The molecule has 5 nitrogen and oxygen atoms in total. The molecule has 1 N–H and O–H groups in total. The molecule has 2 aliphatic rings. The van der Waals surface area contributed by atoms with Gasteiger partial charge in [-0.05, 0) is 66.8 Å². The minimum atomic E-state index is -3.68. The van der Waals surface area contributed by atoms with Crippen LogP contribution in [0.2, 0.25) is 0 Å². The van der Waals surface area contributed by atoms with Gasteiger partial charge in [0.15, 0.2) is 11.5 Å². The molecule has 0 unspecified atom stereocenters. The average molecular weight is 437 g/mol. The zero-order valence-electron chi connectivity index (χ0n) is 17.6. The maximum absolute atomic E-state index is 13.3. The van der Waals surface area contributed by atoms with Gasteiger partial charge < -0.3 is 19.5 Å². The number of carbonyl (C=O) groups excluding carboxylic acids is 1. The van der Waals surface area contributed by atoms with Gasteiger partial charge in [-0.1, -0.05) is 30.3 Å². The number of para-hydroxylation sites is 1. The van der Waals surface area contributed by atoms with E-state index in [1.54, 1.807) is 13.2 Å². The quantitative estimate of drug-likeness (QED) is 0.559. The number of hydrogen-bond acceptors (Lipinski definition) is 4. The minimum absolute atomic E-state index is 0.0301. The number of methoxy groups -OCH3 is 1. The second-order valence-corrected chi connectivity index (χ2v) is 8.10. The van der Waals surface area contributed by atoms with E-state index in [9.17, 15) is 13.6 Å². The SMILES string of the molecule is COc1ccccc1-c1ccc(NC(=O)C2(c3ccc4c(c3)OC(F)(F)O4)CC2)cc1C. The van der Waals surface area contributed by atoms with Crippen molar-refractivity contribution in [3.8, 4) is 28.4 Å². The third kappa shape index (κ3) is 3.43. The van der Waals surface area contributed by atoms with Gasteiger partial charge in [0, 0.05) is 11.3 Å². The first-order chi connectivity index (χ1) is 15.3. The van der Waals surface area contributed by atoms with E-state index in [0.717, 1.165) is 22.4 Å². The fourth-order valence-corrected chi connectivity index (χ4v) is 4.18. The fraction of sp³-hybridized carbons (Fsp3) is 0.240. The number of rotatable bonds is 5. The lowest BCUT2D eigenvalue weighted by Crippen LogP contribution is -2.28. The van der Waals surface area contributed by atoms with E-state index in [0.29, 0.717) is 24.1 Å². The first-order valence-electron chi connectivity index (χ1n) is 10.3. The molecular weight excluding hydrogens is 416 g/mol. The van der Waals surface area contributed by atoms with E-state index in [-0.39, 0.29) is 17.4 Å². The molecule has 1 heterocycles. The number of nitrogens with one attached hydrogen (secondary N) is 1. The number of anilines is 1. The van der Waals surface area contributed by atoms with Crippen molar-refractivity contribution in [2.24, 2.45) is 0 Å². The van der Waals surface area contributed by atoms with E-state index in [2.05, 4.69) is 14.8 Å². The number of fused-ring (bicyclic) bond motifs is 1. The Kier molecular flexibility index (Phi) is 4.58. The second-order valence-electron chi connectivity index (χ2n) is 8.10. The van der Waals surface area contributed by atoms with Gasteiger partial charge in [-0.2, -0.15) is 0 Å². The number of alkyl halides is 2. The molecule has 1 aliphatic carbocycles. The summed E-state index contributed by atoms with van der Waals surface area (Å²) in [4.78, 5) is 13.1. The van der Waals surface area contributed by atoms with Gasteiger partial charge in [0.1, 0.15) is 5.75 Å². The van der Waals surface area contributed by atoms with Crippen molar-refractivity contribution in [1.29, 1.82) is 0 Å². The molecular formula is C25H21F2NO4. The molecule has 1 saturated carbocycles. The summed E-state index contributed by atoms with van der Waals surface area (Å²) in [6, 6.07) is 18.0. The molecule has 1 fully saturated rings. The molecule has 32 heavy (non-hydrogen) atoms. The number of ether oxygens (including phenoxy) is 3. The first-order valence-corrected chi connectivity index (χ1v) is 10.3. The van der Waals surface area contributed by atoms with Gasteiger partial charge in [0.2, 0.25) is 5.91 Å². The highest BCUT2D eigenvalue weighted by atomic mass is 19.3. The summed E-state index contributed by atoms with van der Waals surface area (Å²) >= 11 is 0. The molecule has 0 saturated heterocycles. The summed E-state index contributed by atoms with van der Waals surface area (Å²) in [6.45, 7) is 1.97. The van der Waals surface area contributed by atoms with Gasteiger partial charge >= 0.3 is 6.29 Å². The predicted molar refractivity (Wildman–Crippen MR) is 115 cm³/mol. The Morgan fingerprint density at radius 1 is 0.969 bits per heavy atom. The van der Waals surface area contributed by atoms with Crippen LogP contribution in [0.4, 0.5) is 14.5 Å². The van der Waals surface area contributed by atoms with Crippen molar-refractivity contribution in [2.75, 3.05) is 12.4 Å². The highest BCUT2D eigenvalue weighted by Gasteiger charge is 2.52. The highest BCUT2D eigenvalue weighted by molar-refractivity contribution is 6.01. The van der Waals surface area contributed by atoms with Crippen molar-refractivity contribution in [1.82, 2.24) is 0 Å². The molecule has 0 atom stereocenters. The number of amides is 1. The summed E-state index contributed by atoms with van der Waals surface area (Å²) in [5.41, 5.74) is 3.52. The molecule has 0 aromatic heterocycles. The Balaban J connectivity index is 1.37. The molecule has 1 aliphatic heterocycles. The van der Waals surface area contributed by atoms with E-state index in [1.807, 2.05) is 49.4 Å². The van der Waals surface area contributed by atoms with Crippen LogP contribution in [0.1, 0.15) is 24.0 Å². The van der Waals surface area contributed by atoms with Crippen molar-refractivity contribution in [2.45, 2.75) is 31.5 Å². The third-order valence-electron chi connectivity index (χ3n) is 6.02. The van der Waals surface area contributed by atoms with Crippen molar-refractivity contribution in [3.63, 3.8) is 0 Å². The zero-order valence-corrected chi connectivity index (χ0v) is 17.6. The van der Waals surface area contributed by atoms with Crippen LogP contribution in [0.25, 0.3) is 11.1 Å². The van der Waals surface area contributed by atoms with Crippen LogP contribution in [0, 0.1) is 6.92 Å². The molecule has 0 radical (unpaired) electrons. The topological polar surface area (TPSA) is 56.8 Å². The first kappa shape index (κ1) is 20.3. The van der Waals surface area contributed by atoms with Crippen LogP contribution in [0.3, 0.4) is 0 Å². The van der Waals surface area contributed by atoms with E-state index in [4.69, 9.17) is 4.74 Å². The van der Waals surface area contributed by atoms with Crippen LogP contribution in [0.5, 0.6) is 17.2 Å². The van der Waals surface area contributed by atoms with Crippen LogP contribution in [-0.4, -0.2) is 19.3 Å². The summed E-state index contributed by atoms with van der Waals surface area (Å²) in [6.07, 6.45) is -2.42. The molecule has 3 aromatic rings. The smallest absolute Gasteiger partial charge is 0.496 e. The second kappa shape index (κ2) is 7.22. The monoisotopic (exact) mass is 437 g/mol. The van der Waals surface area contributed by atoms with Gasteiger partial charge in [-0.3, -0.25) is 4.79 Å². The van der Waals surface area contributed by atoms with Crippen molar-refractivity contribution >= 4 is 11.6 Å².